The summed E-state index contributed by atoms with van der Waals surface area (Å²) < 4.78 is 5.36. The summed E-state index contributed by atoms with van der Waals surface area (Å²) in [5, 5.41) is 3.03. The summed E-state index contributed by atoms with van der Waals surface area (Å²) in [4.78, 5) is 13.7. The Morgan fingerprint density at radius 1 is 0.960 bits per heavy atom. The molecule has 0 aliphatic carbocycles. The first-order chi connectivity index (χ1) is 12.3. The van der Waals surface area contributed by atoms with Crippen LogP contribution in [0.5, 0.6) is 0 Å². The van der Waals surface area contributed by atoms with Crippen LogP contribution in [-0.2, 0) is 16.0 Å². The lowest BCUT2D eigenvalue weighted by molar-refractivity contribution is -0.908. The molecule has 1 amide bonds. The van der Waals surface area contributed by atoms with E-state index in [-0.39, 0.29) is 5.91 Å². The molecule has 1 saturated heterocycles. The number of carbonyl (C=O) groups excluding carboxylic acids is 1. The molecule has 4 nitrogen and oxygen atoms in total. The van der Waals surface area contributed by atoms with Gasteiger partial charge in [-0.05, 0) is 16.7 Å². The average molecular weight is 339 g/mol. The van der Waals surface area contributed by atoms with E-state index in [1.54, 1.807) is 4.90 Å². The van der Waals surface area contributed by atoms with Gasteiger partial charge in [0.1, 0.15) is 13.1 Å². The van der Waals surface area contributed by atoms with Crippen LogP contribution in [0.4, 0.5) is 0 Å². The number of hydrogen-bond donors (Lipinski definition) is 2. The molecule has 0 saturated carbocycles. The highest BCUT2D eigenvalue weighted by molar-refractivity contribution is 5.78. The Morgan fingerprint density at radius 2 is 1.64 bits per heavy atom. The lowest BCUT2D eigenvalue weighted by Crippen LogP contribution is -3.14. The SMILES string of the molecule is O=C(Cc1ccc(-c2ccccc2)cc1)NCCC[NH+]1CCOCC1. The van der Waals surface area contributed by atoms with Crippen LogP contribution in [0.15, 0.2) is 54.6 Å². The van der Waals surface area contributed by atoms with Gasteiger partial charge in [-0.15, -0.1) is 0 Å². The highest BCUT2D eigenvalue weighted by atomic mass is 16.5. The predicted octanol–water partition coefficient (Wildman–Crippen LogP) is 1.32. The van der Waals surface area contributed by atoms with E-state index in [9.17, 15) is 4.79 Å². The van der Waals surface area contributed by atoms with Crippen LogP contribution in [0.25, 0.3) is 11.1 Å². The molecule has 2 aromatic rings. The fourth-order valence-corrected chi connectivity index (χ4v) is 3.17. The molecule has 1 aliphatic heterocycles. The second-order valence-electron chi connectivity index (χ2n) is 6.56. The molecule has 0 atom stereocenters. The number of hydrogen-bond acceptors (Lipinski definition) is 2. The molecular formula is C21H27N2O2+. The number of rotatable bonds is 7. The van der Waals surface area contributed by atoms with Crippen LogP contribution < -0.4 is 10.2 Å². The van der Waals surface area contributed by atoms with E-state index in [4.69, 9.17) is 4.74 Å². The van der Waals surface area contributed by atoms with E-state index in [2.05, 4.69) is 29.6 Å². The minimum absolute atomic E-state index is 0.101. The van der Waals surface area contributed by atoms with E-state index in [1.165, 1.54) is 11.1 Å². The van der Waals surface area contributed by atoms with Gasteiger partial charge in [0.2, 0.25) is 5.91 Å². The Balaban J connectivity index is 1.39. The fourth-order valence-electron chi connectivity index (χ4n) is 3.17. The third-order valence-electron chi connectivity index (χ3n) is 4.65. The molecule has 3 rings (SSSR count). The van der Waals surface area contributed by atoms with Crippen molar-refractivity contribution in [1.82, 2.24) is 5.32 Å². The lowest BCUT2D eigenvalue weighted by Gasteiger charge is -2.23. The second kappa shape index (κ2) is 9.35. The number of ether oxygens (including phenoxy) is 1. The first kappa shape index (κ1) is 17.6. The summed E-state index contributed by atoms with van der Waals surface area (Å²) in [5.41, 5.74) is 3.43. The minimum atomic E-state index is 0.101. The Labute approximate surface area is 149 Å². The van der Waals surface area contributed by atoms with Gasteiger partial charge in [-0.2, -0.15) is 0 Å². The minimum Gasteiger partial charge on any atom is -0.370 e. The molecule has 0 radical (unpaired) electrons. The van der Waals surface area contributed by atoms with Crippen molar-refractivity contribution in [2.24, 2.45) is 0 Å². The van der Waals surface area contributed by atoms with Crippen molar-refractivity contribution in [3.63, 3.8) is 0 Å². The standard InChI is InChI=1S/C21H26N2O2/c24-21(22-11-4-12-23-13-15-25-16-14-23)17-18-7-9-20(10-8-18)19-5-2-1-3-6-19/h1-3,5-10H,4,11-17H2,(H,22,24)/p+1. The third-order valence-corrected chi connectivity index (χ3v) is 4.65. The molecule has 0 bridgehead atoms. The number of benzene rings is 2. The fraction of sp³-hybridized carbons (Fsp3) is 0.381. The number of quaternary nitrogens is 1. The maximum absolute atomic E-state index is 12.1. The molecule has 2 aromatic carbocycles. The molecule has 1 heterocycles. The Kier molecular flexibility index (Phi) is 6.60. The zero-order valence-corrected chi connectivity index (χ0v) is 14.7. The van der Waals surface area contributed by atoms with Crippen molar-refractivity contribution < 1.29 is 14.4 Å². The summed E-state index contributed by atoms with van der Waals surface area (Å²) in [6.45, 7) is 5.76. The summed E-state index contributed by atoms with van der Waals surface area (Å²) in [6.07, 6.45) is 1.47. The van der Waals surface area contributed by atoms with E-state index in [0.29, 0.717) is 6.42 Å². The maximum Gasteiger partial charge on any atom is 0.224 e. The van der Waals surface area contributed by atoms with E-state index in [0.717, 1.165) is 51.4 Å². The largest absolute Gasteiger partial charge is 0.370 e. The average Bonchev–Trinajstić information content (AvgIpc) is 2.67. The van der Waals surface area contributed by atoms with Gasteiger partial charge >= 0.3 is 0 Å². The van der Waals surface area contributed by atoms with Gasteiger partial charge in [0.15, 0.2) is 0 Å². The smallest absolute Gasteiger partial charge is 0.224 e. The number of nitrogens with one attached hydrogen (secondary N) is 2. The first-order valence-corrected chi connectivity index (χ1v) is 9.13. The Morgan fingerprint density at radius 3 is 2.36 bits per heavy atom. The third kappa shape index (κ3) is 5.69. The molecule has 4 heteroatoms. The molecule has 2 N–H and O–H groups in total. The molecule has 1 fully saturated rings. The van der Waals surface area contributed by atoms with Gasteiger partial charge in [0, 0.05) is 13.0 Å². The highest BCUT2D eigenvalue weighted by Crippen LogP contribution is 2.19. The van der Waals surface area contributed by atoms with Gasteiger partial charge in [-0.3, -0.25) is 4.79 Å². The van der Waals surface area contributed by atoms with Crippen LogP contribution >= 0.6 is 0 Å². The topological polar surface area (TPSA) is 42.8 Å². The van der Waals surface area contributed by atoms with Crippen molar-refractivity contribution >= 4 is 5.91 Å². The summed E-state index contributed by atoms with van der Waals surface area (Å²) in [6, 6.07) is 18.5. The van der Waals surface area contributed by atoms with Gasteiger partial charge < -0.3 is 15.0 Å². The Hall–Kier alpha value is -2.17. The molecule has 0 aromatic heterocycles. The lowest BCUT2D eigenvalue weighted by atomic mass is 10.0. The number of amides is 1. The van der Waals surface area contributed by atoms with Crippen molar-refractivity contribution in [1.29, 1.82) is 0 Å². The van der Waals surface area contributed by atoms with Crippen LogP contribution in [0.2, 0.25) is 0 Å². The summed E-state index contributed by atoms with van der Waals surface area (Å²) >= 11 is 0. The zero-order valence-electron chi connectivity index (χ0n) is 14.7. The van der Waals surface area contributed by atoms with E-state index < -0.39 is 0 Å². The molecule has 0 unspecified atom stereocenters. The zero-order chi connectivity index (χ0) is 17.3. The molecule has 0 spiro atoms. The van der Waals surface area contributed by atoms with Gasteiger partial charge in [-0.25, -0.2) is 0 Å². The van der Waals surface area contributed by atoms with Crippen LogP contribution in [0.3, 0.4) is 0 Å². The maximum atomic E-state index is 12.1. The Bertz CT molecular complexity index is 649. The van der Waals surface area contributed by atoms with E-state index in [1.807, 2.05) is 30.3 Å². The summed E-state index contributed by atoms with van der Waals surface area (Å²) in [7, 11) is 0. The van der Waals surface area contributed by atoms with Crippen molar-refractivity contribution in [2.45, 2.75) is 12.8 Å². The normalized spacial score (nSPS) is 15.0. The number of carbonyl (C=O) groups is 1. The van der Waals surface area contributed by atoms with Crippen molar-refractivity contribution in [3.8, 4) is 11.1 Å². The molecule has 132 valence electrons. The monoisotopic (exact) mass is 339 g/mol. The molecular weight excluding hydrogens is 312 g/mol. The van der Waals surface area contributed by atoms with Crippen LogP contribution in [-0.4, -0.2) is 45.3 Å². The quantitative estimate of drug-likeness (QED) is 0.747. The van der Waals surface area contributed by atoms with Gasteiger partial charge in [0.25, 0.3) is 0 Å². The molecule has 1 aliphatic rings. The predicted molar refractivity (Wildman–Crippen MR) is 99.6 cm³/mol. The number of morpholine rings is 1. The first-order valence-electron chi connectivity index (χ1n) is 9.13. The van der Waals surface area contributed by atoms with Gasteiger partial charge in [0.05, 0.1) is 26.2 Å². The van der Waals surface area contributed by atoms with Gasteiger partial charge in [-0.1, -0.05) is 54.6 Å². The molecule has 25 heavy (non-hydrogen) atoms. The highest BCUT2D eigenvalue weighted by Gasteiger charge is 2.13. The van der Waals surface area contributed by atoms with Crippen molar-refractivity contribution in [3.05, 3.63) is 60.2 Å². The second-order valence-corrected chi connectivity index (χ2v) is 6.56. The van der Waals surface area contributed by atoms with Crippen LogP contribution in [0.1, 0.15) is 12.0 Å². The van der Waals surface area contributed by atoms with Crippen molar-refractivity contribution in [2.75, 3.05) is 39.4 Å². The summed E-state index contributed by atoms with van der Waals surface area (Å²) in [5.74, 6) is 0.101. The van der Waals surface area contributed by atoms with Crippen LogP contribution in [0, 0.1) is 0 Å². The van der Waals surface area contributed by atoms with E-state index >= 15 is 0 Å².